The van der Waals surface area contributed by atoms with Crippen LogP contribution in [0.4, 0.5) is 0 Å². The molecule has 2 aromatic rings. The molecule has 0 aliphatic carbocycles. The van der Waals surface area contributed by atoms with Gasteiger partial charge >= 0.3 is 23.9 Å². The molecule has 0 fully saturated rings. The van der Waals surface area contributed by atoms with Crippen LogP contribution in [0.25, 0.3) is 0 Å². The molecule has 2 atom stereocenters. The fourth-order valence-corrected chi connectivity index (χ4v) is 2.95. The van der Waals surface area contributed by atoms with E-state index in [0.717, 1.165) is 0 Å². The number of carbonyl (C=O) groups is 4. The predicted molar refractivity (Wildman–Crippen MR) is 132 cm³/mol. The number of nitrogens with one attached hydrogen (secondary N) is 1. The molecule has 0 aliphatic heterocycles. The normalized spacial score (nSPS) is 12.6. The molecule has 2 N–H and O–H groups in total. The molecular weight excluding hydrogens is 466 g/mol. The van der Waals surface area contributed by atoms with Gasteiger partial charge in [-0.2, -0.15) is 0 Å². The molecule has 0 saturated carbocycles. The number of rotatable bonds is 12. The Morgan fingerprint density at radius 2 is 1.42 bits per heavy atom. The number of carboxylic acids is 1. The van der Waals surface area contributed by atoms with Crippen LogP contribution in [0.2, 0.25) is 0 Å². The highest BCUT2D eigenvalue weighted by Crippen LogP contribution is 2.30. The largest absolute Gasteiger partial charge is 0.480 e. The Bertz CT molecular complexity index is 1060. The zero-order chi connectivity index (χ0) is 26.8. The summed E-state index contributed by atoms with van der Waals surface area (Å²) in [5.74, 6) is -3.31. The van der Waals surface area contributed by atoms with Gasteiger partial charge in [0.15, 0.2) is 11.5 Å². The van der Waals surface area contributed by atoms with Crippen LogP contribution < -0.4 is 14.8 Å². The summed E-state index contributed by atoms with van der Waals surface area (Å²) in [6.07, 6.45) is -0.542. The summed E-state index contributed by atoms with van der Waals surface area (Å²) in [6, 6.07) is 12.1. The molecule has 0 aliphatic rings. The number of carboxylic acid groups (broad SMARTS) is 1. The van der Waals surface area contributed by atoms with Crippen LogP contribution >= 0.6 is 0 Å². The van der Waals surface area contributed by atoms with Crippen LogP contribution in [0.1, 0.15) is 50.5 Å². The number of hydrogen-bond donors (Lipinski definition) is 2. The number of esters is 3. The predicted octanol–water partition coefficient (Wildman–Crippen LogP) is 3.64. The van der Waals surface area contributed by atoms with Crippen molar-refractivity contribution < 1.29 is 38.5 Å². The molecule has 0 aromatic heterocycles. The molecule has 0 spiro atoms. The molecule has 9 heteroatoms. The molecule has 1 unspecified atom stereocenters. The second kappa shape index (κ2) is 13.4. The van der Waals surface area contributed by atoms with Gasteiger partial charge in [-0.15, -0.1) is 0 Å². The third kappa shape index (κ3) is 8.81. The van der Waals surface area contributed by atoms with Gasteiger partial charge < -0.3 is 24.6 Å². The summed E-state index contributed by atoms with van der Waals surface area (Å²) in [5.41, 5.74) is 0.945. The quantitative estimate of drug-likeness (QED) is 0.332. The van der Waals surface area contributed by atoms with E-state index in [1.165, 1.54) is 12.1 Å². The molecule has 0 heterocycles. The van der Waals surface area contributed by atoms with Gasteiger partial charge in [-0.3, -0.25) is 14.4 Å². The highest BCUT2D eigenvalue weighted by Gasteiger charge is 2.23. The second-order valence-corrected chi connectivity index (χ2v) is 9.02. The topological polar surface area (TPSA) is 128 Å². The standard InChI is InChI=1S/C27H33NO8/c1-16(2)25(31)35-22-12-11-19(14-23(22)36-26(32)17(3)4)13-21(24(29)30)28-15-18(5)34-27(33)20-9-7-6-8-10-20/h6-12,14,16-18,21,28H,13,15H2,1-5H3,(H,29,30)/t18?,21-/m0/s1. The van der Waals surface area contributed by atoms with Crippen molar-refractivity contribution in [1.29, 1.82) is 0 Å². The molecule has 36 heavy (non-hydrogen) atoms. The van der Waals surface area contributed by atoms with E-state index in [4.69, 9.17) is 14.2 Å². The van der Waals surface area contributed by atoms with E-state index < -0.39 is 47.9 Å². The van der Waals surface area contributed by atoms with Crippen LogP contribution in [0.5, 0.6) is 11.5 Å². The Hall–Kier alpha value is -3.72. The zero-order valence-corrected chi connectivity index (χ0v) is 21.1. The molecule has 0 amide bonds. The lowest BCUT2D eigenvalue weighted by molar-refractivity contribution is -0.140. The minimum Gasteiger partial charge on any atom is -0.480 e. The number of benzene rings is 2. The SMILES string of the molecule is CC(CN[C@@H](Cc1ccc(OC(=O)C(C)C)c(OC(=O)C(C)C)c1)C(=O)O)OC(=O)c1ccccc1. The zero-order valence-electron chi connectivity index (χ0n) is 21.1. The van der Waals surface area contributed by atoms with Crippen LogP contribution in [-0.2, 0) is 25.5 Å². The van der Waals surface area contributed by atoms with E-state index in [1.54, 1.807) is 71.0 Å². The summed E-state index contributed by atoms with van der Waals surface area (Å²) in [6.45, 7) is 8.46. The number of carbonyl (C=O) groups excluding carboxylic acids is 3. The van der Waals surface area contributed by atoms with E-state index in [9.17, 15) is 24.3 Å². The number of ether oxygens (including phenoxy) is 3. The Kier molecular flexibility index (Phi) is 10.6. The summed E-state index contributed by atoms with van der Waals surface area (Å²) in [7, 11) is 0. The van der Waals surface area contributed by atoms with Crippen LogP contribution in [0, 0.1) is 11.8 Å². The molecular formula is C27H33NO8. The van der Waals surface area contributed by atoms with Crippen LogP contribution in [0.15, 0.2) is 48.5 Å². The van der Waals surface area contributed by atoms with Gasteiger partial charge in [0, 0.05) is 6.54 Å². The minimum atomic E-state index is -1.10. The molecule has 0 bridgehead atoms. The van der Waals surface area contributed by atoms with E-state index in [1.807, 2.05) is 0 Å². The lowest BCUT2D eigenvalue weighted by atomic mass is 10.0. The van der Waals surface area contributed by atoms with Gasteiger partial charge in [-0.1, -0.05) is 52.0 Å². The average Bonchev–Trinajstić information content (AvgIpc) is 2.83. The van der Waals surface area contributed by atoms with Crippen LogP contribution in [0.3, 0.4) is 0 Å². The van der Waals surface area contributed by atoms with Gasteiger partial charge in [0.2, 0.25) is 0 Å². The molecule has 9 nitrogen and oxygen atoms in total. The monoisotopic (exact) mass is 499 g/mol. The van der Waals surface area contributed by atoms with Crippen molar-refractivity contribution in [1.82, 2.24) is 5.32 Å². The molecule has 0 saturated heterocycles. The van der Waals surface area contributed by atoms with Gasteiger partial charge in [0.05, 0.1) is 17.4 Å². The first-order chi connectivity index (χ1) is 17.0. The summed E-state index contributed by atoms with van der Waals surface area (Å²) >= 11 is 0. The molecule has 0 radical (unpaired) electrons. The average molecular weight is 500 g/mol. The maximum Gasteiger partial charge on any atom is 0.338 e. The maximum absolute atomic E-state index is 12.2. The third-order valence-corrected chi connectivity index (χ3v) is 5.08. The van der Waals surface area contributed by atoms with Crippen LogP contribution in [-0.4, -0.2) is 47.7 Å². The van der Waals surface area contributed by atoms with E-state index in [-0.39, 0.29) is 24.5 Å². The molecule has 2 rings (SSSR count). The lowest BCUT2D eigenvalue weighted by Crippen LogP contribution is -2.42. The summed E-state index contributed by atoms with van der Waals surface area (Å²) in [4.78, 5) is 48.3. The Labute approximate surface area is 210 Å². The third-order valence-electron chi connectivity index (χ3n) is 5.08. The number of aliphatic carboxylic acids is 1. The first kappa shape index (κ1) is 28.5. The van der Waals surface area contributed by atoms with E-state index in [2.05, 4.69) is 5.32 Å². The minimum absolute atomic E-state index is 0.0366. The molecule has 194 valence electrons. The second-order valence-electron chi connectivity index (χ2n) is 9.02. The van der Waals surface area contributed by atoms with Crippen molar-refractivity contribution in [2.24, 2.45) is 11.8 Å². The van der Waals surface area contributed by atoms with Gasteiger partial charge in [0.25, 0.3) is 0 Å². The maximum atomic E-state index is 12.2. The van der Waals surface area contributed by atoms with E-state index >= 15 is 0 Å². The van der Waals surface area contributed by atoms with Crippen molar-refractivity contribution in [3.05, 3.63) is 59.7 Å². The highest BCUT2D eigenvalue weighted by atomic mass is 16.6. The summed E-state index contributed by atoms with van der Waals surface area (Å²) in [5, 5.41) is 12.6. The smallest absolute Gasteiger partial charge is 0.338 e. The highest BCUT2D eigenvalue weighted by molar-refractivity contribution is 5.89. The van der Waals surface area contributed by atoms with Crippen molar-refractivity contribution in [3.8, 4) is 11.5 Å². The van der Waals surface area contributed by atoms with Crippen molar-refractivity contribution in [2.75, 3.05) is 6.54 Å². The first-order valence-corrected chi connectivity index (χ1v) is 11.8. The van der Waals surface area contributed by atoms with Gasteiger partial charge in [0.1, 0.15) is 12.1 Å². The Morgan fingerprint density at radius 1 is 0.833 bits per heavy atom. The van der Waals surface area contributed by atoms with Crippen molar-refractivity contribution in [2.45, 2.75) is 53.2 Å². The number of hydrogen-bond acceptors (Lipinski definition) is 8. The van der Waals surface area contributed by atoms with Crippen molar-refractivity contribution >= 4 is 23.9 Å². The fourth-order valence-electron chi connectivity index (χ4n) is 2.95. The van der Waals surface area contributed by atoms with Crippen molar-refractivity contribution in [3.63, 3.8) is 0 Å². The molecule has 2 aromatic carbocycles. The Morgan fingerprint density at radius 3 is 1.97 bits per heavy atom. The van der Waals surface area contributed by atoms with E-state index in [0.29, 0.717) is 11.1 Å². The first-order valence-electron chi connectivity index (χ1n) is 11.8. The lowest BCUT2D eigenvalue weighted by Gasteiger charge is -2.19. The fraction of sp³-hybridized carbons (Fsp3) is 0.407. The van der Waals surface area contributed by atoms with Gasteiger partial charge in [-0.05, 0) is 43.2 Å². The summed E-state index contributed by atoms with van der Waals surface area (Å²) < 4.78 is 16.1. The van der Waals surface area contributed by atoms with Gasteiger partial charge in [-0.25, -0.2) is 4.79 Å². The Balaban J connectivity index is 2.11.